The largest absolute Gasteiger partial charge is 0.354 e. The molecule has 0 atom stereocenters. The first-order chi connectivity index (χ1) is 10.3. The van der Waals surface area contributed by atoms with Crippen LogP contribution in [0.1, 0.15) is 10.4 Å². The monoisotopic (exact) mass is 278 g/mol. The van der Waals surface area contributed by atoms with Crippen LogP contribution >= 0.6 is 0 Å². The first-order valence-electron chi connectivity index (χ1n) is 6.58. The molecule has 2 aromatic carbocycles. The molecule has 0 spiro atoms. The van der Waals surface area contributed by atoms with Gasteiger partial charge in [0.05, 0.1) is 11.3 Å². The van der Waals surface area contributed by atoms with Crippen molar-refractivity contribution in [3.05, 3.63) is 72.3 Å². The number of H-pyrrole nitrogens is 1. The highest BCUT2D eigenvalue weighted by Gasteiger charge is 2.16. The molecule has 4 nitrogen and oxygen atoms in total. The van der Waals surface area contributed by atoms with Crippen LogP contribution in [0.2, 0.25) is 0 Å². The summed E-state index contributed by atoms with van der Waals surface area (Å²) < 4.78 is 0. The fourth-order valence-corrected chi connectivity index (χ4v) is 2.30. The molecule has 21 heavy (non-hydrogen) atoms. The van der Waals surface area contributed by atoms with Crippen molar-refractivity contribution in [1.29, 1.82) is 0 Å². The molecule has 0 bridgehead atoms. The third kappa shape index (κ3) is 2.57. The van der Waals surface area contributed by atoms with Crippen molar-refractivity contribution in [2.24, 2.45) is 0 Å². The van der Waals surface area contributed by atoms with E-state index >= 15 is 0 Å². The Morgan fingerprint density at radius 1 is 0.905 bits per heavy atom. The molecule has 0 unspecified atom stereocenters. The van der Waals surface area contributed by atoms with E-state index in [9.17, 15) is 4.79 Å². The minimum absolute atomic E-state index is 0.405. The topological polar surface area (TPSA) is 65.1 Å². The molecule has 0 aliphatic carbocycles. The molecule has 0 aliphatic rings. The van der Waals surface area contributed by atoms with E-state index in [2.05, 4.69) is 4.98 Å². The number of benzene rings is 2. The molecule has 1 amide bonds. The Morgan fingerprint density at radius 3 is 2.05 bits per heavy atom. The van der Waals surface area contributed by atoms with Crippen molar-refractivity contribution < 1.29 is 10.0 Å². The van der Waals surface area contributed by atoms with Gasteiger partial charge in [-0.3, -0.25) is 10.0 Å². The highest BCUT2D eigenvalue weighted by atomic mass is 16.5. The van der Waals surface area contributed by atoms with E-state index in [0.717, 1.165) is 16.8 Å². The van der Waals surface area contributed by atoms with E-state index < -0.39 is 5.91 Å². The average Bonchev–Trinajstić information content (AvgIpc) is 3.01. The van der Waals surface area contributed by atoms with Gasteiger partial charge in [-0.2, -0.15) is 0 Å². The van der Waals surface area contributed by atoms with Gasteiger partial charge in [0.25, 0.3) is 5.91 Å². The minimum Gasteiger partial charge on any atom is -0.354 e. The summed E-state index contributed by atoms with van der Waals surface area (Å²) >= 11 is 0. The highest BCUT2D eigenvalue weighted by molar-refractivity contribution is 6.01. The smallest absolute Gasteiger partial charge is 0.276 e. The molecule has 1 heterocycles. The number of aromatic amines is 1. The van der Waals surface area contributed by atoms with Gasteiger partial charge in [0.15, 0.2) is 0 Å². The molecule has 0 aliphatic heterocycles. The molecule has 4 heteroatoms. The average molecular weight is 278 g/mol. The van der Waals surface area contributed by atoms with E-state index in [1.165, 1.54) is 0 Å². The van der Waals surface area contributed by atoms with Crippen LogP contribution < -0.4 is 5.48 Å². The second-order valence-corrected chi connectivity index (χ2v) is 4.64. The summed E-state index contributed by atoms with van der Waals surface area (Å²) in [5, 5.41) is 8.93. The number of hydroxylamine groups is 1. The van der Waals surface area contributed by atoms with E-state index in [0.29, 0.717) is 11.3 Å². The number of hydrogen-bond acceptors (Lipinski definition) is 2. The van der Waals surface area contributed by atoms with Gasteiger partial charge in [-0.05, 0) is 17.2 Å². The van der Waals surface area contributed by atoms with Gasteiger partial charge in [0.2, 0.25) is 0 Å². The molecule has 3 rings (SSSR count). The van der Waals surface area contributed by atoms with Crippen LogP contribution in [-0.2, 0) is 0 Å². The van der Waals surface area contributed by atoms with Gasteiger partial charge in [0.1, 0.15) is 0 Å². The molecular formula is C17H14N2O2. The number of amides is 1. The molecule has 1 aromatic heterocycles. The molecule has 0 radical (unpaired) electrons. The summed E-state index contributed by atoms with van der Waals surface area (Å²) in [4.78, 5) is 15.1. The second-order valence-electron chi connectivity index (χ2n) is 4.64. The maximum absolute atomic E-state index is 11.9. The molecule has 3 aromatic rings. The fourth-order valence-electron chi connectivity index (χ4n) is 2.30. The van der Waals surface area contributed by atoms with Gasteiger partial charge in [-0.1, -0.05) is 60.7 Å². The van der Waals surface area contributed by atoms with Crippen molar-refractivity contribution >= 4 is 5.91 Å². The predicted molar refractivity (Wildman–Crippen MR) is 80.9 cm³/mol. The lowest BCUT2D eigenvalue weighted by atomic mass is 10.1. The third-order valence-electron chi connectivity index (χ3n) is 3.31. The van der Waals surface area contributed by atoms with E-state index in [1.807, 2.05) is 60.7 Å². The second kappa shape index (κ2) is 5.64. The zero-order chi connectivity index (χ0) is 14.7. The summed E-state index contributed by atoms with van der Waals surface area (Å²) in [5.74, 6) is -0.535. The summed E-state index contributed by atoms with van der Waals surface area (Å²) in [6, 6.07) is 21.0. The maximum atomic E-state index is 11.9. The number of rotatable bonds is 3. The van der Waals surface area contributed by atoms with Crippen molar-refractivity contribution in [3.8, 4) is 22.5 Å². The lowest BCUT2D eigenvalue weighted by Gasteiger charge is -2.02. The van der Waals surface area contributed by atoms with Crippen LogP contribution in [0, 0.1) is 0 Å². The molecular weight excluding hydrogens is 264 g/mol. The van der Waals surface area contributed by atoms with Crippen LogP contribution in [0.15, 0.2) is 66.7 Å². The summed E-state index contributed by atoms with van der Waals surface area (Å²) in [7, 11) is 0. The van der Waals surface area contributed by atoms with Crippen LogP contribution in [0.3, 0.4) is 0 Å². The molecule has 0 saturated carbocycles. The van der Waals surface area contributed by atoms with Crippen LogP contribution in [0.5, 0.6) is 0 Å². The molecule has 3 N–H and O–H groups in total. The SMILES string of the molecule is O=C(NO)c1cc(-c2ccccc2)[nH]c1-c1ccccc1. The zero-order valence-electron chi connectivity index (χ0n) is 11.2. The van der Waals surface area contributed by atoms with E-state index in [4.69, 9.17) is 5.21 Å². The first kappa shape index (κ1) is 13.1. The standard InChI is InChI=1S/C17H14N2O2/c20-17(19-21)14-11-15(12-7-3-1-4-8-12)18-16(14)13-9-5-2-6-10-13/h1-11,18,21H,(H,19,20). The number of carbonyl (C=O) groups is 1. The van der Waals surface area contributed by atoms with Crippen molar-refractivity contribution in [2.75, 3.05) is 0 Å². The molecule has 0 saturated heterocycles. The van der Waals surface area contributed by atoms with Crippen molar-refractivity contribution in [1.82, 2.24) is 10.5 Å². The Bertz CT molecular complexity index is 749. The number of aromatic nitrogens is 1. The van der Waals surface area contributed by atoms with E-state index in [-0.39, 0.29) is 0 Å². The molecule has 104 valence electrons. The zero-order valence-corrected chi connectivity index (χ0v) is 11.2. The highest BCUT2D eigenvalue weighted by Crippen LogP contribution is 2.28. The van der Waals surface area contributed by atoms with Gasteiger partial charge < -0.3 is 4.98 Å². The van der Waals surface area contributed by atoms with Gasteiger partial charge in [-0.25, -0.2) is 5.48 Å². The summed E-state index contributed by atoms with van der Waals surface area (Å²) in [6.07, 6.45) is 0. The lowest BCUT2D eigenvalue weighted by molar-refractivity contribution is 0.0707. The fraction of sp³-hybridized carbons (Fsp3) is 0. The van der Waals surface area contributed by atoms with Gasteiger partial charge >= 0.3 is 0 Å². The summed E-state index contributed by atoms with van der Waals surface area (Å²) in [5.41, 5.74) is 5.48. The summed E-state index contributed by atoms with van der Waals surface area (Å²) in [6.45, 7) is 0. The Kier molecular flexibility index (Phi) is 3.53. The Morgan fingerprint density at radius 2 is 1.48 bits per heavy atom. The Labute approximate surface area is 122 Å². The predicted octanol–water partition coefficient (Wildman–Crippen LogP) is 3.47. The van der Waals surface area contributed by atoms with Crippen molar-refractivity contribution in [3.63, 3.8) is 0 Å². The van der Waals surface area contributed by atoms with Gasteiger partial charge in [0, 0.05) is 5.69 Å². The van der Waals surface area contributed by atoms with Crippen LogP contribution in [0.4, 0.5) is 0 Å². The Balaban J connectivity index is 2.14. The van der Waals surface area contributed by atoms with Crippen molar-refractivity contribution in [2.45, 2.75) is 0 Å². The van der Waals surface area contributed by atoms with Crippen LogP contribution in [-0.4, -0.2) is 16.1 Å². The molecule has 0 fully saturated rings. The minimum atomic E-state index is -0.535. The number of nitrogens with one attached hydrogen (secondary N) is 2. The number of hydrogen-bond donors (Lipinski definition) is 3. The normalized spacial score (nSPS) is 10.3. The van der Waals surface area contributed by atoms with Crippen LogP contribution in [0.25, 0.3) is 22.5 Å². The Hall–Kier alpha value is -2.85. The first-order valence-corrected chi connectivity index (χ1v) is 6.58. The lowest BCUT2D eigenvalue weighted by Crippen LogP contribution is -2.18. The van der Waals surface area contributed by atoms with E-state index in [1.54, 1.807) is 11.5 Å². The third-order valence-corrected chi connectivity index (χ3v) is 3.31. The number of carbonyl (C=O) groups excluding carboxylic acids is 1. The maximum Gasteiger partial charge on any atom is 0.276 e. The van der Waals surface area contributed by atoms with Gasteiger partial charge in [-0.15, -0.1) is 0 Å². The quantitative estimate of drug-likeness (QED) is 0.507.